The van der Waals surface area contributed by atoms with Gasteiger partial charge >= 0.3 is 0 Å². The van der Waals surface area contributed by atoms with E-state index in [0.717, 1.165) is 18.1 Å². The maximum Gasteiger partial charge on any atom is 0.138 e. The van der Waals surface area contributed by atoms with Crippen LogP contribution in [0.25, 0.3) is 0 Å². The summed E-state index contributed by atoms with van der Waals surface area (Å²) in [5.41, 5.74) is 8.02. The fourth-order valence-corrected chi connectivity index (χ4v) is 1.78. The van der Waals surface area contributed by atoms with E-state index in [1.807, 2.05) is 6.07 Å². The number of aromatic nitrogens is 2. The van der Waals surface area contributed by atoms with Crippen LogP contribution in [0.5, 0.6) is 0 Å². The molecule has 4 nitrogen and oxygen atoms in total. The number of nitrogens with two attached hydrogens (primary N) is 1. The minimum Gasteiger partial charge on any atom is -0.384 e. The molecule has 4 heteroatoms. The molecule has 1 heterocycles. The minimum atomic E-state index is 0.487. The quantitative estimate of drug-likeness (QED) is 0.877. The Balaban J connectivity index is 2.40. The van der Waals surface area contributed by atoms with E-state index in [1.54, 1.807) is 6.07 Å². The molecule has 0 radical (unpaired) electrons. The Morgan fingerprint density at radius 1 is 1.24 bits per heavy atom. The first kappa shape index (κ1) is 11.4. The van der Waals surface area contributed by atoms with E-state index in [0.29, 0.717) is 5.82 Å². The summed E-state index contributed by atoms with van der Waals surface area (Å²) in [6, 6.07) is 10.1. The number of hydrogen-bond acceptors (Lipinski definition) is 4. The van der Waals surface area contributed by atoms with Crippen LogP contribution in [0.2, 0.25) is 0 Å². The van der Waals surface area contributed by atoms with Gasteiger partial charge in [-0.3, -0.25) is 0 Å². The number of nitrogens with zero attached hydrogens (tertiary/aromatic N) is 3. The number of aryl methyl sites for hydroxylation is 1. The highest BCUT2D eigenvalue weighted by Gasteiger charge is 2.08. The molecule has 88 valence electrons. The molecule has 2 aromatic rings. The maximum absolute atomic E-state index is 5.68. The van der Waals surface area contributed by atoms with Crippen molar-refractivity contribution in [2.45, 2.75) is 13.8 Å². The molecule has 0 aliphatic rings. The highest BCUT2D eigenvalue weighted by atomic mass is 15.2. The van der Waals surface area contributed by atoms with Gasteiger partial charge in [0.15, 0.2) is 0 Å². The summed E-state index contributed by atoms with van der Waals surface area (Å²) < 4.78 is 0. The van der Waals surface area contributed by atoms with E-state index >= 15 is 0 Å². The van der Waals surface area contributed by atoms with Crippen molar-refractivity contribution in [1.29, 1.82) is 0 Å². The molecule has 0 unspecified atom stereocenters. The van der Waals surface area contributed by atoms with Crippen LogP contribution in [-0.2, 0) is 0 Å². The van der Waals surface area contributed by atoms with E-state index < -0.39 is 0 Å². The lowest BCUT2D eigenvalue weighted by atomic mass is 10.2. The fourth-order valence-electron chi connectivity index (χ4n) is 1.78. The Kier molecular flexibility index (Phi) is 3.23. The molecule has 2 rings (SSSR count). The molecule has 1 aromatic carbocycles. The summed E-state index contributed by atoms with van der Waals surface area (Å²) >= 11 is 0. The molecule has 0 bridgehead atoms. The normalized spacial score (nSPS) is 10.2. The van der Waals surface area contributed by atoms with Gasteiger partial charge in [-0.25, -0.2) is 9.97 Å². The highest BCUT2D eigenvalue weighted by Crippen LogP contribution is 2.24. The van der Waals surface area contributed by atoms with Crippen molar-refractivity contribution in [3.63, 3.8) is 0 Å². The van der Waals surface area contributed by atoms with Crippen LogP contribution in [0.15, 0.2) is 36.7 Å². The van der Waals surface area contributed by atoms with Gasteiger partial charge in [0.2, 0.25) is 0 Å². The molecule has 0 spiro atoms. The van der Waals surface area contributed by atoms with E-state index in [-0.39, 0.29) is 0 Å². The third-order valence-corrected chi connectivity index (χ3v) is 2.58. The Morgan fingerprint density at radius 3 is 2.71 bits per heavy atom. The third kappa shape index (κ3) is 2.53. The number of benzene rings is 1. The van der Waals surface area contributed by atoms with E-state index in [2.05, 4.69) is 46.9 Å². The Hall–Kier alpha value is -2.10. The van der Waals surface area contributed by atoms with Crippen molar-refractivity contribution in [2.24, 2.45) is 0 Å². The van der Waals surface area contributed by atoms with Crippen molar-refractivity contribution < 1.29 is 0 Å². The molecular formula is C13H16N4. The smallest absolute Gasteiger partial charge is 0.138 e. The van der Waals surface area contributed by atoms with Crippen LogP contribution in [0, 0.1) is 6.92 Å². The van der Waals surface area contributed by atoms with Crippen LogP contribution in [0.3, 0.4) is 0 Å². The van der Waals surface area contributed by atoms with Gasteiger partial charge in [0, 0.05) is 18.3 Å². The summed E-state index contributed by atoms with van der Waals surface area (Å²) in [4.78, 5) is 10.3. The summed E-state index contributed by atoms with van der Waals surface area (Å²) in [6.45, 7) is 4.99. The largest absolute Gasteiger partial charge is 0.384 e. The molecule has 0 saturated carbocycles. The lowest BCUT2D eigenvalue weighted by molar-refractivity contribution is 0.977. The second-order valence-corrected chi connectivity index (χ2v) is 3.88. The van der Waals surface area contributed by atoms with Gasteiger partial charge in [0.1, 0.15) is 18.0 Å². The molecule has 0 saturated heterocycles. The topological polar surface area (TPSA) is 55.0 Å². The summed E-state index contributed by atoms with van der Waals surface area (Å²) in [7, 11) is 0. The van der Waals surface area contributed by atoms with E-state index in [1.165, 1.54) is 11.9 Å². The maximum atomic E-state index is 5.68. The zero-order valence-electron chi connectivity index (χ0n) is 10.1. The van der Waals surface area contributed by atoms with Crippen LogP contribution in [-0.4, -0.2) is 16.5 Å². The molecule has 0 atom stereocenters. The number of rotatable bonds is 3. The van der Waals surface area contributed by atoms with Crippen molar-refractivity contribution >= 4 is 17.3 Å². The number of anilines is 3. The summed E-state index contributed by atoms with van der Waals surface area (Å²) in [5.74, 6) is 1.31. The molecule has 0 amide bonds. The molecular weight excluding hydrogens is 212 g/mol. The van der Waals surface area contributed by atoms with Crippen LogP contribution in [0.1, 0.15) is 12.5 Å². The van der Waals surface area contributed by atoms with Crippen molar-refractivity contribution in [3.8, 4) is 0 Å². The first-order valence-electron chi connectivity index (χ1n) is 5.62. The van der Waals surface area contributed by atoms with Crippen molar-refractivity contribution in [1.82, 2.24) is 9.97 Å². The van der Waals surface area contributed by atoms with E-state index in [9.17, 15) is 0 Å². The van der Waals surface area contributed by atoms with Gasteiger partial charge in [0.25, 0.3) is 0 Å². The summed E-state index contributed by atoms with van der Waals surface area (Å²) in [6.07, 6.45) is 1.49. The van der Waals surface area contributed by atoms with Crippen LogP contribution < -0.4 is 10.6 Å². The average Bonchev–Trinajstić information content (AvgIpc) is 2.30. The molecule has 0 aliphatic carbocycles. The predicted molar refractivity (Wildman–Crippen MR) is 70.3 cm³/mol. The molecule has 17 heavy (non-hydrogen) atoms. The second kappa shape index (κ2) is 4.82. The fraction of sp³-hybridized carbons (Fsp3) is 0.231. The van der Waals surface area contributed by atoms with Gasteiger partial charge in [-0.15, -0.1) is 0 Å². The monoisotopic (exact) mass is 228 g/mol. The number of hydrogen-bond donors (Lipinski definition) is 1. The Morgan fingerprint density at radius 2 is 2.06 bits per heavy atom. The Labute approximate surface area is 101 Å². The zero-order chi connectivity index (χ0) is 12.3. The predicted octanol–water partition coefficient (Wildman–Crippen LogP) is 2.53. The minimum absolute atomic E-state index is 0.487. The lowest BCUT2D eigenvalue weighted by Crippen LogP contribution is -2.17. The first-order chi connectivity index (χ1) is 8.20. The van der Waals surface area contributed by atoms with Crippen LogP contribution in [0.4, 0.5) is 17.3 Å². The molecule has 1 aromatic heterocycles. The highest BCUT2D eigenvalue weighted by molar-refractivity contribution is 5.62. The average molecular weight is 228 g/mol. The van der Waals surface area contributed by atoms with Gasteiger partial charge in [-0.05, 0) is 31.5 Å². The zero-order valence-corrected chi connectivity index (χ0v) is 10.1. The van der Waals surface area contributed by atoms with Gasteiger partial charge < -0.3 is 10.6 Å². The molecule has 0 aliphatic heterocycles. The Bertz CT molecular complexity index is 465. The summed E-state index contributed by atoms with van der Waals surface area (Å²) in [5, 5.41) is 0. The second-order valence-electron chi connectivity index (χ2n) is 3.88. The van der Waals surface area contributed by atoms with E-state index in [4.69, 9.17) is 5.73 Å². The van der Waals surface area contributed by atoms with Crippen molar-refractivity contribution in [2.75, 3.05) is 17.2 Å². The van der Waals surface area contributed by atoms with Gasteiger partial charge in [0.05, 0.1) is 0 Å². The van der Waals surface area contributed by atoms with Gasteiger partial charge in [-0.1, -0.05) is 12.1 Å². The van der Waals surface area contributed by atoms with Gasteiger partial charge in [-0.2, -0.15) is 0 Å². The SMILES string of the molecule is CCN(c1cccc(C)c1)c1cc(N)ncn1. The lowest BCUT2D eigenvalue weighted by Gasteiger charge is -2.22. The standard InChI is InChI=1S/C13H16N4/c1-3-17(11-6-4-5-10(2)7-11)13-8-12(14)15-9-16-13/h4-9H,3H2,1-2H3,(H2,14,15,16). The molecule has 2 N–H and O–H groups in total. The third-order valence-electron chi connectivity index (χ3n) is 2.58. The van der Waals surface area contributed by atoms with Crippen LogP contribution >= 0.6 is 0 Å². The number of nitrogen functional groups attached to an aromatic ring is 1. The molecule has 0 fully saturated rings. The first-order valence-corrected chi connectivity index (χ1v) is 5.62. The van der Waals surface area contributed by atoms with Crippen molar-refractivity contribution in [3.05, 3.63) is 42.2 Å².